The van der Waals surface area contributed by atoms with Crippen molar-refractivity contribution in [3.8, 4) is 0 Å². The van der Waals surface area contributed by atoms with Crippen molar-refractivity contribution >= 4 is 0 Å². The van der Waals surface area contributed by atoms with Gasteiger partial charge in [-0.1, -0.05) is 26.0 Å². The van der Waals surface area contributed by atoms with Crippen LogP contribution in [0.25, 0.3) is 0 Å². The Balaban J connectivity index is 2.30. The van der Waals surface area contributed by atoms with Gasteiger partial charge >= 0.3 is 0 Å². The lowest BCUT2D eigenvalue weighted by atomic mass is 9.80. The van der Waals surface area contributed by atoms with Crippen molar-refractivity contribution in [2.75, 3.05) is 32.8 Å². The number of aliphatic hydroxyl groups is 1. The SMILES string of the molecule is CC(C)(CO)[C@H](c1ccc(F)cc1)N1CCNCC1. The van der Waals surface area contributed by atoms with E-state index in [1.165, 1.54) is 12.1 Å². The van der Waals surface area contributed by atoms with Gasteiger partial charge in [-0.2, -0.15) is 0 Å². The molecule has 1 fully saturated rings. The second kappa shape index (κ2) is 5.99. The van der Waals surface area contributed by atoms with Crippen molar-refractivity contribution in [1.29, 1.82) is 0 Å². The highest BCUT2D eigenvalue weighted by molar-refractivity contribution is 5.22. The third-order valence-electron chi connectivity index (χ3n) is 3.85. The maximum Gasteiger partial charge on any atom is 0.123 e. The quantitative estimate of drug-likeness (QED) is 0.872. The molecular formula is C15H23FN2O. The number of nitrogens with one attached hydrogen (secondary N) is 1. The number of piperazine rings is 1. The molecule has 19 heavy (non-hydrogen) atoms. The topological polar surface area (TPSA) is 35.5 Å². The summed E-state index contributed by atoms with van der Waals surface area (Å²) in [7, 11) is 0. The normalized spacial score (nSPS) is 19.4. The highest BCUT2D eigenvalue weighted by Crippen LogP contribution is 2.38. The fraction of sp³-hybridized carbons (Fsp3) is 0.600. The largest absolute Gasteiger partial charge is 0.396 e. The van der Waals surface area contributed by atoms with E-state index < -0.39 is 0 Å². The molecule has 1 heterocycles. The third-order valence-corrected chi connectivity index (χ3v) is 3.85. The minimum Gasteiger partial charge on any atom is -0.396 e. The Morgan fingerprint density at radius 1 is 1.26 bits per heavy atom. The van der Waals surface area contributed by atoms with Gasteiger partial charge < -0.3 is 10.4 Å². The van der Waals surface area contributed by atoms with Gasteiger partial charge in [-0.15, -0.1) is 0 Å². The lowest BCUT2D eigenvalue weighted by molar-refractivity contribution is 0.0305. The molecular weight excluding hydrogens is 243 g/mol. The van der Waals surface area contributed by atoms with Gasteiger partial charge in [0, 0.05) is 44.2 Å². The molecule has 0 unspecified atom stereocenters. The van der Waals surface area contributed by atoms with Crippen molar-refractivity contribution < 1.29 is 9.50 Å². The summed E-state index contributed by atoms with van der Waals surface area (Å²) in [5, 5.41) is 13.0. The van der Waals surface area contributed by atoms with Gasteiger partial charge in [0.1, 0.15) is 5.82 Å². The van der Waals surface area contributed by atoms with Crippen molar-refractivity contribution in [2.45, 2.75) is 19.9 Å². The lowest BCUT2D eigenvalue weighted by Crippen LogP contribution is -2.49. The average Bonchev–Trinajstić information content (AvgIpc) is 2.42. The number of nitrogens with zero attached hydrogens (tertiary/aromatic N) is 1. The van der Waals surface area contributed by atoms with Crippen LogP contribution in [0.2, 0.25) is 0 Å². The lowest BCUT2D eigenvalue weighted by Gasteiger charge is -2.43. The highest BCUT2D eigenvalue weighted by atomic mass is 19.1. The Bertz CT molecular complexity index is 399. The summed E-state index contributed by atoms with van der Waals surface area (Å²) in [6.07, 6.45) is 0. The fourth-order valence-corrected chi connectivity index (χ4v) is 2.83. The molecule has 2 N–H and O–H groups in total. The average molecular weight is 266 g/mol. The molecule has 1 aliphatic heterocycles. The number of aliphatic hydroxyl groups excluding tert-OH is 1. The van der Waals surface area contributed by atoms with Crippen LogP contribution in [0.1, 0.15) is 25.5 Å². The van der Waals surface area contributed by atoms with Crippen LogP contribution >= 0.6 is 0 Å². The Kier molecular flexibility index (Phi) is 4.55. The first-order valence-electron chi connectivity index (χ1n) is 6.86. The van der Waals surface area contributed by atoms with Gasteiger partial charge in [-0.3, -0.25) is 4.90 Å². The maximum atomic E-state index is 13.1. The predicted octanol–water partition coefficient (Wildman–Crippen LogP) is 1.79. The number of halogens is 1. The summed E-state index contributed by atoms with van der Waals surface area (Å²) in [5.74, 6) is -0.218. The molecule has 0 spiro atoms. The zero-order chi connectivity index (χ0) is 13.9. The minimum atomic E-state index is -0.255. The summed E-state index contributed by atoms with van der Waals surface area (Å²) in [6.45, 7) is 8.04. The van der Waals surface area contributed by atoms with Crippen LogP contribution in [-0.2, 0) is 0 Å². The van der Waals surface area contributed by atoms with Gasteiger partial charge in [-0.05, 0) is 17.7 Å². The van der Waals surface area contributed by atoms with Crippen LogP contribution in [-0.4, -0.2) is 42.8 Å². The van der Waals surface area contributed by atoms with E-state index in [9.17, 15) is 9.50 Å². The van der Waals surface area contributed by atoms with Crippen LogP contribution in [0.4, 0.5) is 4.39 Å². The molecule has 1 aliphatic rings. The first kappa shape index (κ1) is 14.4. The molecule has 106 valence electrons. The summed E-state index contributed by atoms with van der Waals surface area (Å²) >= 11 is 0. The zero-order valence-electron chi connectivity index (χ0n) is 11.7. The smallest absolute Gasteiger partial charge is 0.123 e. The molecule has 3 nitrogen and oxygen atoms in total. The summed E-state index contributed by atoms with van der Waals surface area (Å²) < 4.78 is 13.1. The van der Waals surface area contributed by atoms with E-state index in [0.717, 1.165) is 31.7 Å². The molecule has 0 aromatic heterocycles. The van der Waals surface area contributed by atoms with Gasteiger partial charge in [0.05, 0.1) is 0 Å². The van der Waals surface area contributed by atoms with E-state index in [4.69, 9.17) is 0 Å². The number of benzene rings is 1. The van der Waals surface area contributed by atoms with Crippen molar-refractivity contribution in [3.63, 3.8) is 0 Å². The van der Waals surface area contributed by atoms with Crippen LogP contribution in [0.5, 0.6) is 0 Å². The van der Waals surface area contributed by atoms with Crippen LogP contribution in [0, 0.1) is 11.2 Å². The predicted molar refractivity (Wildman–Crippen MR) is 74.5 cm³/mol. The van der Waals surface area contributed by atoms with E-state index in [1.54, 1.807) is 0 Å². The van der Waals surface area contributed by atoms with Gasteiger partial charge in [0.2, 0.25) is 0 Å². The third kappa shape index (κ3) is 3.32. The molecule has 1 aromatic rings. The molecule has 0 aliphatic carbocycles. The number of rotatable bonds is 4. The van der Waals surface area contributed by atoms with E-state index in [0.29, 0.717) is 0 Å². The van der Waals surface area contributed by atoms with Crippen molar-refractivity contribution in [3.05, 3.63) is 35.6 Å². The van der Waals surface area contributed by atoms with Crippen LogP contribution < -0.4 is 5.32 Å². The molecule has 1 aromatic carbocycles. The fourth-order valence-electron chi connectivity index (χ4n) is 2.83. The van der Waals surface area contributed by atoms with Gasteiger partial charge in [0.25, 0.3) is 0 Å². The molecule has 4 heteroatoms. The Morgan fingerprint density at radius 2 is 1.84 bits per heavy atom. The molecule has 1 atom stereocenters. The van der Waals surface area contributed by atoms with E-state index >= 15 is 0 Å². The maximum absolute atomic E-state index is 13.1. The van der Waals surface area contributed by atoms with Gasteiger partial charge in [0.15, 0.2) is 0 Å². The Labute approximate surface area is 114 Å². The first-order valence-corrected chi connectivity index (χ1v) is 6.86. The second-order valence-electron chi connectivity index (χ2n) is 5.89. The molecule has 0 saturated carbocycles. The minimum absolute atomic E-state index is 0.110. The standard InChI is InChI=1S/C15H23FN2O/c1-15(2,11-19)14(18-9-7-17-8-10-18)12-3-5-13(16)6-4-12/h3-6,14,17,19H,7-11H2,1-2H3/t14-/m0/s1. The van der Waals surface area contributed by atoms with Gasteiger partial charge in [-0.25, -0.2) is 4.39 Å². The molecule has 0 radical (unpaired) electrons. The summed E-state index contributed by atoms with van der Waals surface area (Å²) in [6, 6.07) is 6.77. The zero-order valence-corrected chi connectivity index (χ0v) is 11.7. The number of hydrogen-bond donors (Lipinski definition) is 2. The molecule has 0 amide bonds. The molecule has 2 rings (SSSR count). The Morgan fingerprint density at radius 3 is 2.37 bits per heavy atom. The molecule has 0 bridgehead atoms. The van der Waals surface area contributed by atoms with Crippen LogP contribution in [0.3, 0.4) is 0 Å². The second-order valence-corrected chi connectivity index (χ2v) is 5.89. The van der Waals surface area contributed by atoms with Crippen LogP contribution in [0.15, 0.2) is 24.3 Å². The van der Waals surface area contributed by atoms with E-state index in [1.807, 2.05) is 12.1 Å². The monoisotopic (exact) mass is 266 g/mol. The van der Waals surface area contributed by atoms with Crippen molar-refractivity contribution in [2.24, 2.45) is 5.41 Å². The highest BCUT2D eigenvalue weighted by Gasteiger charge is 2.35. The van der Waals surface area contributed by atoms with Crippen molar-refractivity contribution in [1.82, 2.24) is 10.2 Å². The summed E-state index contributed by atoms with van der Waals surface area (Å²) in [5.41, 5.74) is 0.817. The molecule has 1 saturated heterocycles. The Hall–Kier alpha value is -0.970. The number of hydrogen-bond acceptors (Lipinski definition) is 3. The first-order chi connectivity index (χ1) is 9.04. The summed E-state index contributed by atoms with van der Waals surface area (Å²) in [4.78, 5) is 2.37. The van der Waals surface area contributed by atoms with E-state index in [-0.39, 0.29) is 23.9 Å². The van der Waals surface area contributed by atoms with E-state index in [2.05, 4.69) is 24.1 Å².